The number of hydrogen-bond donors (Lipinski definition) is 0. The number of ether oxygens (including phenoxy) is 1. The van der Waals surface area contributed by atoms with Crippen LogP contribution in [0.3, 0.4) is 0 Å². The van der Waals surface area contributed by atoms with Crippen molar-refractivity contribution in [1.29, 1.82) is 0 Å². The first-order valence-corrected chi connectivity index (χ1v) is 11.7. The first kappa shape index (κ1) is 22.8. The summed E-state index contributed by atoms with van der Waals surface area (Å²) in [6.45, 7) is 8.21. The largest absolute Gasteiger partial charge is 0.493 e. The van der Waals surface area contributed by atoms with Gasteiger partial charge in [-0.3, -0.25) is 4.79 Å². The predicted octanol–water partition coefficient (Wildman–Crippen LogP) is 7.47. The minimum Gasteiger partial charge on any atom is -0.493 e. The number of piperidine rings is 1. The molecule has 4 nitrogen and oxygen atoms in total. The molecule has 1 saturated heterocycles. The van der Waals surface area contributed by atoms with Crippen LogP contribution in [-0.2, 0) is 4.79 Å². The molecule has 3 aromatic rings. The van der Waals surface area contributed by atoms with Gasteiger partial charge in [0.1, 0.15) is 11.3 Å². The predicted molar refractivity (Wildman–Crippen MR) is 131 cm³/mol. The highest BCUT2D eigenvalue weighted by molar-refractivity contribution is 6.36. The lowest BCUT2D eigenvalue weighted by Gasteiger charge is -2.30. The molecule has 32 heavy (non-hydrogen) atoms. The van der Waals surface area contributed by atoms with Crippen LogP contribution in [0.2, 0.25) is 10.0 Å². The number of likely N-dealkylation sites (tertiary alicyclic amines) is 1. The Kier molecular flexibility index (Phi) is 6.82. The highest BCUT2D eigenvalue weighted by Crippen LogP contribution is 2.40. The third-order valence-corrected chi connectivity index (χ3v) is 6.48. The molecule has 6 heteroatoms. The first-order chi connectivity index (χ1) is 15.4. The summed E-state index contributed by atoms with van der Waals surface area (Å²) in [5, 5.41) is 2.03. The number of halogens is 2. The van der Waals surface area contributed by atoms with E-state index in [-0.39, 0.29) is 5.91 Å². The number of hydrogen-bond acceptors (Lipinski definition) is 3. The molecule has 1 amide bonds. The Hall–Kier alpha value is -2.43. The van der Waals surface area contributed by atoms with Gasteiger partial charge in [0, 0.05) is 52.3 Å². The van der Waals surface area contributed by atoms with E-state index in [1.807, 2.05) is 36.9 Å². The molecule has 4 rings (SSSR count). The summed E-state index contributed by atoms with van der Waals surface area (Å²) in [4.78, 5) is 14.9. The Labute approximate surface area is 198 Å². The lowest BCUT2D eigenvalue weighted by molar-refractivity contribution is -0.127. The fourth-order valence-corrected chi connectivity index (χ4v) is 4.81. The van der Waals surface area contributed by atoms with Gasteiger partial charge in [0.2, 0.25) is 5.91 Å². The van der Waals surface area contributed by atoms with Gasteiger partial charge in [-0.2, -0.15) is 0 Å². The summed E-state index contributed by atoms with van der Waals surface area (Å²) in [6, 6.07) is 9.31. The summed E-state index contributed by atoms with van der Waals surface area (Å²) in [5.41, 5.74) is 4.13. The number of nitrogens with zero attached hydrogens (tertiary/aromatic N) is 1. The van der Waals surface area contributed by atoms with Gasteiger partial charge in [-0.15, -0.1) is 0 Å². The summed E-state index contributed by atoms with van der Waals surface area (Å²) in [6.07, 6.45) is 5.64. The zero-order valence-corrected chi connectivity index (χ0v) is 20.1. The number of furan rings is 1. The SMILES string of the molecule is CCOc1cc2occ(-c3ccc(Cl)cc3Cl)c2cc1/C(C)=C/C(=O)N1CCCC(C)C1. The normalized spacial score (nSPS) is 17.1. The van der Waals surface area contributed by atoms with Crippen LogP contribution in [0.4, 0.5) is 0 Å². The van der Waals surface area contributed by atoms with Crippen LogP contribution in [0.5, 0.6) is 5.75 Å². The Bertz CT molecular complexity index is 1180. The number of benzene rings is 2. The van der Waals surface area contributed by atoms with E-state index in [9.17, 15) is 4.79 Å². The second kappa shape index (κ2) is 9.60. The molecular weight excluding hydrogens is 445 g/mol. The number of fused-ring (bicyclic) bond motifs is 1. The van der Waals surface area contributed by atoms with Crippen molar-refractivity contribution >= 4 is 45.7 Å². The van der Waals surface area contributed by atoms with Crippen molar-refractivity contribution < 1.29 is 13.9 Å². The fraction of sp³-hybridized carbons (Fsp3) is 0.346. The third-order valence-electron chi connectivity index (χ3n) is 5.93. The minimum absolute atomic E-state index is 0.0461. The van der Waals surface area contributed by atoms with E-state index in [4.69, 9.17) is 32.4 Å². The van der Waals surface area contributed by atoms with E-state index in [1.54, 1.807) is 24.5 Å². The van der Waals surface area contributed by atoms with Crippen LogP contribution < -0.4 is 4.74 Å². The van der Waals surface area contributed by atoms with Crippen molar-refractivity contribution in [3.05, 3.63) is 58.3 Å². The van der Waals surface area contributed by atoms with Crippen LogP contribution in [0.25, 0.3) is 27.7 Å². The maximum atomic E-state index is 12.9. The van der Waals surface area contributed by atoms with Gasteiger partial charge in [0.05, 0.1) is 17.9 Å². The van der Waals surface area contributed by atoms with Crippen molar-refractivity contribution in [1.82, 2.24) is 4.90 Å². The van der Waals surface area contributed by atoms with Gasteiger partial charge in [0.25, 0.3) is 0 Å². The summed E-state index contributed by atoms with van der Waals surface area (Å²) < 4.78 is 11.7. The van der Waals surface area contributed by atoms with Crippen molar-refractivity contribution in [2.24, 2.45) is 5.92 Å². The van der Waals surface area contributed by atoms with Gasteiger partial charge in [0.15, 0.2) is 0 Å². The van der Waals surface area contributed by atoms with E-state index in [2.05, 4.69) is 6.92 Å². The number of allylic oxidation sites excluding steroid dienone is 1. The Morgan fingerprint density at radius 3 is 2.78 bits per heavy atom. The molecule has 1 aliphatic rings. The number of rotatable bonds is 5. The monoisotopic (exact) mass is 471 g/mol. The molecule has 0 aliphatic carbocycles. The first-order valence-electron chi connectivity index (χ1n) is 11.0. The summed E-state index contributed by atoms with van der Waals surface area (Å²) >= 11 is 12.5. The van der Waals surface area contributed by atoms with Crippen molar-refractivity contribution in [2.75, 3.05) is 19.7 Å². The average molecular weight is 472 g/mol. The molecule has 1 aromatic heterocycles. The van der Waals surface area contributed by atoms with Gasteiger partial charge in [-0.1, -0.05) is 36.2 Å². The molecule has 2 aromatic carbocycles. The second-order valence-electron chi connectivity index (χ2n) is 8.41. The molecule has 1 unspecified atom stereocenters. The average Bonchev–Trinajstić information content (AvgIpc) is 3.16. The zero-order chi connectivity index (χ0) is 22.8. The van der Waals surface area contributed by atoms with E-state index in [0.717, 1.165) is 47.2 Å². The van der Waals surface area contributed by atoms with Crippen LogP contribution >= 0.6 is 23.2 Å². The van der Waals surface area contributed by atoms with Crippen LogP contribution in [0, 0.1) is 5.92 Å². The molecule has 0 spiro atoms. The topological polar surface area (TPSA) is 42.7 Å². The Balaban J connectivity index is 1.76. The second-order valence-corrected chi connectivity index (χ2v) is 9.25. The van der Waals surface area contributed by atoms with Crippen LogP contribution in [0.1, 0.15) is 39.2 Å². The molecule has 0 N–H and O–H groups in total. The van der Waals surface area contributed by atoms with Gasteiger partial charge < -0.3 is 14.1 Å². The Morgan fingerprint density at radius 2 is 2.06 bits per heavy atom. The molecule has 2 heterocycles. The van der Waals surface area contributed by atoms with E-state index < -0.39 is 0 Å². The number of carbonyl (C=O) groups is 1. The lowest BCUT2D eigenvalue weighted by Crippen LogP contribution is -2.38. The standard InChI is InChI=1S/C26H27Cl2NO3/c1-4-31-24-13-25-21(22(15-32-25)19-8-7-18(27)11-23(19)28)12-20(24)17(3)10-26(30)29-9-5-6-16(2)14-29/h7-8,10-13,15-16H,4-6,9,14H2,1-3H3/b17-10+. The maximum absolute atomic E-state index is 12.9. The number of carbonyl (C=O) groups excluding carboxylic acids is 1. The van der Waals surface area contributed by atoms with Crippen molar-refractivity contribution in [2.45, 2.75) is 33.6 Å². The van der Waals surface area contributed by atoms with Gasteiger partial charge in [-0.05, 0) is 56.4 Å². The smallest absolute Gasteiger partial charge is 0.246 e. The van der Waals surface area contributed by atoms with Gasteiger partial charge in [-0.25, -0.2) is 0 Å². The highest BCUT2D eigenvalue weighted by atomic mass is 35.5. The quantitative estimate of drug-likeness (QED) is 0.362. The van der Waals surface area contributed by atoms with Gasteiger partial charge >= 0.3 is 0 Å². The van der Waals surface area contributed by atoms with E-state index in [1.165, 1.54) is 6.42 Å². The van der Waals surface area contributed by atoms with Crippen molar-refractivity contribution in [3.63, 3.8) is 0 Å². The maximum Gasteiger partial charge on any atom is 0.246 e. The molecule has 0 bridgehead atoms. The van der Waals surface area contributed by atoms with Crippen LogP contribution in [0.15, 0.2) is 47.1 Å². The summed E-state index contributed by atoms with van der Waals surface area (Å²) in [5.74, 6) is 1.27. The molecule has 1 fully saturated rings. The molecule has 0 saturated carbocycles. The molecule has 0 radical (unpaired) electrons. The molecule has 1 aliphatic heterocycles. The van der Waals surface area contributed by atoms with Crippen LogP contribution in [-0.4, -0.2) is 30.5 Å². The Morgan fingerprint density at radius 1 is 1.25 bits per heavy atom. The highest BCUT2D eigenvalue weighted by Gasteiger charge is 2.21. The molecule has 168 valence electrons. The number of amides is 1. The summed E-state index contributed by atoms with van der Waals surface area (Å²) in [7, 11) is 0. The minimum atomic E-state index is 0.0461. The molecular formula is C26H27Cl2NO3. The lowest BCUT2D eigenvalue weighted by atomic mass is 9.98. The zero-order valence-electron chi connectivity index (χ0n) is 18.6. The van der Waals surface area contributed by atoms with E-state index >= 15 is 0 Å². The fourth-order valence-electron chi connectivity index (χ4n) is 4.30. The van der Waals surface area contributed by atoms with E-state index in [0.29, 0.717) is 33.9 Å². The molecule has 1 atom stereocenters. The third kappa shape index (κ3) is 4.67. The van der Waals surface area contributed by atoms with Crippen molar-refractivity contribution in [3.8, 4) is 16.9 Å².